The number of para-hydroxylation sites is 1. The van der Waals surface area contributed by atoms with Gasteiger partial charge in [0, 0.05) is 46.6 Å². The van der Waals surface area contributed by atoms with Crippen LogP contribution in [0.4, 0.5) is 5.69 Å². The third-order valence-electron chi connectivity index (χ3n) is 4.10. The first kappa shape index (κ1) is 18.2. The van der Waals surface area contributed by atoms with Crippen LogP contribution in [0.5, 0.6) is 0 Å². The number of anilines is 1. The van der Waals surface area contributed by atoms with E-state index in [0.29, 0.717) is 19.4 Å². The van der Waals surface area contributed by atoms with Crippen molar-refractivity contribution in [2.45, 2.75) is 19.3 Å². The number of fused-ring (bicyclic) bond motifs is 1. The molecule has 3 rings (SSSR count). The molecule has 26 heavy (non-hydrogen) atoms. The summed E-state index contributed by atoms with van der Waals surface area (Å²) in [4.78, 5) is 27.1. The Bertz CT molecular complexity index is 903. The Labute approximate surface area is 160 Å². The zero-order valence-corrected chi connectivity index (χ0v) is 15.8. The summed E-state index contributed by atoms with van der Waals surface area (Å²) in [5.74, 6) is -0.170. The van der Waals surface area contributed by atoms with Crippen molar-refractivity contribution in [1.29, 1.82) is 0 Å². The fourth-order valence-electron chi connectivity index (χ4n) is 2.75. The van der Waals surface area contributed by atoms with Gasteiger partial charge in [-0.15, -0.1) is 0 Å². The van der Waals surface area contributed by atoms with Gasteiger partial charge >= 0.3 is 0 Å². The average Bonchev–Trinajstić information content (AvgIpc) is 3.05. The van der Waals surface area contributed by atoms with Crippen molar-refractivity contribution in [1.82, 2.24) is 10.3 Å². The maximum absolute atomic E-state index is 12.0. The second-order valence-electron chi connectivity index (χ2n) is 6.01. The van der Waals surface area contributed by atoms with E-state index in [-0.39, 0.29) is 18.2 Å². The minimum absolute atomic E-state index is 0.0493. The number of halogens is 1. The van der Waals surface area contributed by atoms with Crippen LogP contribution in [0.3, 0.4) is 0 Å². The zero-order valence-electron chi connectivity index (χ0n) is 14.2. The van der Waals surface area contributed by atoms with Crippen LogP contribution in [0.25, 0.3) is 10.9 Å². The summed E-state index contributed by atoms with van der Waals surface area (Å²) in [6.07, 6.45) is 3.26. The first-order valence-corrected chi connectivity index (χ1v) is 9.28. The molecule has 1 aromatic heterocycles. The molecule has 1 heterocycles. The van der Waals surface area contributed by atoms with Crippen LogP contribution in [0.1, 0.15) is 18.4 Å². The molecular formula is C20H20BrN3O2. The van der Waals surface area contributed by atoms with Crippen molar-refractivity contribution in [2.75, 3.05) is 11.9 Å². The maximum atomic E-state index is 12.0. The first-order chi connectivity index (χ1) is 12.6. The van der Waals surface area contributed by atoms with Gasteiger partial charge in [0.1, 0.15) is 0 Å². The molecule has 6 heteroatoms. The lowest BCUT2D eigenvalue weighted by atomic mass is 10.1. The molecule has 0 aliphatic carbocycles. The van der Waals surface area contributed by atoms with Gasteiger partial charge in [-0.25, -0.2) is 0 Å². The van der Waals surface area contributed by atoms with Gasteiger partial charge in [-0.05, 0) is 42.3 Å². The molecule has 0 aliphatic heterocycles. The van der Waals surface area contributed by atoms with Crippen LogP contribution in [-0.4, -0.2) is 23.3 Å². The monoisotopic (exact) mass is 413 g/mol. The molecule has 5 nitrogen and oxygen atoms in total. The SMILES string of the molecule is O=C(CCc1c[nH]c2ccccc12)NCCC(=O)Nc1ccc(Br)cc1. The number of carbonyl (C=O) groups excluding carboxylic acids is 2. The van der Waals surface area contributed by atoms with Gasteiger partial charge in [0.15, 0.2) is 0 Å². The van der Waals surface area contributed by atoms with Crippen molar-refractivity contribution in [3.05, 3.63) is 64.8 Å². The van der Waals surface area contributed by atoms with Crippen molar-refractivity contribution in [2.24, 2.45) is 0 Å². The molecule has 0 spiro atoms. The molecule has 2 aromatic carbocycles. The molecular weight excluding hydrogens is 394 g/mol. The molecule has 0 fully saturated rings. The number of nitrogens with one attached hydrogen (secondary N) is 3. The van der Waals surface area contributed by atoms with E-state index in [2.05, 4.69) is 31.5 Å². The summed E-state index contributed by atoms with van der Waals surface area (Å²) >= 11 is 3.35. The summed E-state index contributed by atoms with van der Waals surface area (Å²) in [6.45, 7) is 0.328. The van der Waals surface area contributed by atoms with Crippen LogP contribution < -0.4 is 10.6 Å². The second-order valence-corrected chi connectivity index (χ2v) is 6.93. The molecule has 3 N–H and O–H groups in total. The van der Waals surface area contributed by atoms with Gasteiger partial charge in [0.2, 0.25) is 11.8 Å². The number of hydrogen-bond acceptors (Lipinski definition) is 2. The molecule has 0 aliphatic rings. The molecule has 0 unspecified atom stereocenters. The molecule has 0 saturated carbocycles. The van der Waals surface area contributed by atoms with E-state index in [1.807, 2.05) is 54.7 Å². The van der Waals surface area contributed by atoms with Crippen LogP contribution in [0.15, 0.2) is 59.2 Å². The molecule has 2 amide bonds. The van der Waals surface area contributed by atoms with E-state index in [9.17, 15) is 9.59 Å². The van der Waals surface area contributed by atoms with Gasteiger partial charge in [0.05, 0.1) is 0 Å². The summed E-state index contributed by atoms with van der Waals surface area (Å²) in [6, 6.07) is 15.4. The number of rotatable bonds is 7. The number of H-pyrrole nitrogens is 1. The van der Waals surface area contributed by atoms with E-state index in [1.165, 1.54) is 0 Å². The lowest BCUT2D eigenvalue weighted by Gasteiger charge is -2.07. The van der Waals surface area contributed by atoms with Gasteiger partial charge in [-0.1, -0.05) is 34.1 Å². The van der Waals surface area contributed by atoms with Crippen molar-refractivity contribution >= 4 is 44.3 Å². The number of aromatic amines is 1. The summed E-state index contributed by atoms with van der Waals surface area (Å²) < 4.78 is 0.956. The Hall–Kier alpha value is -2.60. The predicted octanol–water partition coefficient (Wildman–Crippen LogP) is 4.01. The standard InChI is InChI=1S/C20H20BrN3O2/c21-15-6-8-16(9-7-15)24-20(26)11-12-22-19(25)10-5-14-13-23-18-4-2-1-3-17(14)18/h1-4,6-9,13,23H,5,10-12H2,(H,22,25)(H,24,26). The topological polar surface area (TPSA) is 74.0 Å². The van der Waals surface area contributed by atoms with E-state index in [1.54, 1.807) is 0 Å². The summed E-state index contributed by atoms with van der Waals surface area (Å²) in [5.41, 5.74) is 2.94. The van der Waals surface area contributed by atoms with Crippen molar-refractivity contribution in [3.63, 3.8) is 0 Å². The average molecular weight is 414 g/mol. The predicted molar refractivity (Wildman–Crippen MR) is 107 cm³/mol. The number of aryl methyl sites for hydroxylation is 1. The third-order valence-corrected chi connectivity index (χ3v) is 4.63. The molecule has 3 aromatic rings. The fourth-order valence-corrected chi connectivity index (χ4v) is 3.01. The number of hydrogen-bond donors (Lipinski definition) is 3. The number of carbonyl (C=O) groups is 2. The maximum Gasteiger partial charge on any atom is 0.226 e. The highest BCUT2D eigenvalue weighted by Crippen LogP contribution is 2.19. The van der Waals surface area contributed by atoms with Gasteiger partial charge in [-0.2, -0.15) is 0 Å². The van der Waals surface area contributed by atoms with Crippen LogP contribution in [-0.2, 0) is 16.0 Å². The van der Waals surface area contributed by atoms with Crippen LogP contribution >= 0.6 is 15.9 Å². The minimum atomic E-state index is -0.121. The Morgan fingerprint density at radius 2 is 1.73 bits per heavy atom. The number of amides is 2. The molecule has 134 valence electrons. The lowest BCUT2D eigenvalue weighted by molar-refractivity contribution is -0.121. The Morgan fingerprint density at radius 1 is 0.962 bits per heavy atom. The highest BCUT2D eigenvalue weighted by Gasteiger charge is 2.08. The summed E-state index contributed by atoms with van der Waals surface area (Å²) in [7, 11) is 0. The lowest BCUT2D eigenvalue weighted by Crippen LogP contribution is -2.27. The highest BCUT2D eigenvalue weighted by atomic mass is 79.9. The van der Waals surface area contributed by atoms with Crippen molar-refractivity contribution < 1.29 is 9.59 Å². The van der Waals surface area contributed by atoms with Gasteiger partial charge in [-0.3, -0.25) is 9.59 Å². The van der Waals surface area contributed by atoms with Gasteiger partial charge in [0.25, 0.3) is 0 Å². The largest absolute Gasteiger partial charge is 0.361 e. The van der Waals surface area contributed by atoms with E-state index in [4.69, 9.17) is 0 Å². The minimum Gasteiger partial charge on any atom is -0.361 e. The fraction of sp³-hybridized carbons (Fsp3) is 0.200. The smallest absolute Gasteiger partial charge is 0.226 e. The Morgan fingerprint density at radius 3 is 2.54 bits per heavy atom. The normalized spacial score (nSPS) is 10.7. The van der Waals surface area contributed by atoms with Gasteiger partial charge < -0.3 is 15.6 Å². The Kier molecular flexibility index (Phi) is 6.07. The number of aromatic nitrogens is 1. The summed E-state index contributed by atoms with van der Waals surface area (Å²) in [5, 5.41) is 6.75. The molecule has 0 atom stereocenters. The molecule has 0 bridgehead atoms. The zero-order chi connectivity index (χ0) is 18.4. The quantitative estimate of drug-likeness (QED) is 0.547. The van der Waals surface area contributed by atoms with E-state index in [0.717, 1.165) is 26.6 Å². The highest BCUT2D eigenvalue weighted by molar-refractivity contribution is 9.10. The third kappa shape index (κ3) is 4.95. The second kappa shape index (κ2) is 8.67. The molecule has 0 saturated heterocycles. The Balaban J connectivity index is 1.38. The molecule has 0 radical (unpaired) electrons. The van der Waals surface area contributed by atoms with Crippen LogP contribution in [0, 0.1) is 0 Å². The van der Waals surface area contributed by atoms with Crippen LogP contribution in [0.2, 0.25) is 0 Å². The van der Waals surface area contributed by atoms with E-state index >= 15 is 0 Å². The van der Waals surface area contributed by atoms with E-state index < -0.39 is 0 Å². The first-order valence-electron chi connectivity index (χ1n) is 8.49. The number of benzene rings is 2. The van der Waals surface area contributed by atoms with Crippen molar-refractivity contribution in [3.8, 4) is 0 Å².